The Bertz CT molecular complexity index is 408. The smallest absolute Gasteiger partial charge is 0.0638 e. The Kier molecular flexibility index (Phi) is 4.49. The molecule has 18 heavy (non-hydrogen) atoms. The van der Waals surface area contributed by atoms with Crippen LogP contribution in [-0.4, -0.2) is 42.0 Å². The van der Waals surface area contributed by atoms with Gasteiger partial charge < -0.3 is 5.73 Å². The Morgan fingerprint density at radius 1 is 1.39 bits per heavy atom. The molecule has 1 heterocycles. The number of nitrogen functional groups attached to an aromatic ring is 1. The van der Waals surface area contributed by atoms with Gasteiger partial charge in [0.1, 0.15) is 0 Å². The first-order chi connectivity index (χ1) is 8.60. The summed E-state index contributed by atoms with van der Waals surface area (Å²) in [5.74, 6) is 0. The average molecular weight is 268 g/mol. The summed E-state index contributed by atoms with van der Waals surface area (Å²) < 4.78 is 0. The number of nitrogens with zero attached hydrogens (tertiary/aromatic N) is 2. The monoisotopic (exact) mass is 267 g/mol. The van der Waals surface area contributed by atoms with Gasteiger partial charge in [-0.3, -0.25) is 9.80 Å². The van der Waals surface area contributed by atoms with Crippen LogP contribution in [0.1, 0.15) is 19.4 Å². The third-order valence-electron chi connectivity index (χ3n) is 3.73. The second-order valence-corrected chi connectivity index (χ2v) is 5.48. The number of nitrogens with two attached hydrogens (primary N) is 1. The van der Waals surface area contributed by atoms with E-state index in [2.05, 4.69) is 29.7 Å². The van der Waals surface area contributed by atoms with Crippen LogP contribution in [0, 0.1) is 0 Å². The molecule has 1 aliphatic heterocycles. The molecule has 2 rings (SSSR count). The van der Waals surface area contributed by atoms with Crippen molar-refractivity contribution < 1.29 is 0 Å². The van der Waals surface area contributed by atoms with Crippen LogP contribution in [-0.2, 0) is 6.54 Å². The first-order valence-corrected chi connectivity index (χ1v) is 6.98. The molecule has 4 heteroatoms. The molecule has 3 nitrogen and oxygen atoms in total. The topological polar surface area (TPSA) is 32.5 Å². The lowest BCUT2D eigenvalue weighted by atomic mass is 10.1. The summed E-state index contributed by atoms with van der Waals surface area (Å²) in [6, 6.07) is 6.57. The first-order valence-electron chi connectivity index (χ1n) is 6.60. The Morgan fingerprint density at radius 2 is 2.17 bits per heavy atom. The molecule has 1 atom stereocenters. The summed E-state index contributed by atoms with van der Waals surface area (Å²) in [5.41, 5.74) is 7.63. The molecule has 1 unspecified atom stereocenters. The first kappa shape index (κ1) is 13.7. The maximum absolute atomic E-state index is 6.05. The van der Waals surface area contributed by atoms with Crippen LogP contribution in [0.5, 0.6) is 0 Å². The molecule has 0 aliphatic carbocycles. The quantitative estimate of drug-likeness (QED) is 0.854. The van der Waals surface area contributed by atoms with Crippen LogP contribution in [0.4, 0.5) is 5.69 Å². The van der Waals surface area contributed by atoms with Gasteiger partial charge in [0.15, 0.2) is 0 Å². The lowest BCUT2D eigenvalue weighted by Crippen LogP contribution is -2.51. The van der Waals surface area contributed by atoms with Crippen molar-refractivity contribution in [1.82, 2.24) is 9.80 Å². The Hall–Kier alpha value is -0.770. The molecule has 100 valence electrons. The summed E-state index contributed by atoms with van der Waals surface area (Å²) >= 11 is 6.05. The fourth-order valence-electron chi connectivity index (χ4n) is 2.61. The fourth-order valence-corrected chi connectivity index (χ4v) is 2.81. The molecule has 1 aromatic carbocycles. The van der Waals surface area contributed by atoms with Crippen molar-refractivity contribution in [3.8, 4) is 0 Å². The van der Waals surface area contributed by atoms with Crippen molar-refractivity contribution in [2.75, 3.05) is 31.9 Å². The van der Waals surface area contributed by atoms with Gasteiger partial charge in [0.05, 0.1) is 10.7 Å². The van der Waals surface area contributed by atoms with Crippen LogP contribution in [0.25, 0.3) is 0 Å². The van der Waals surface area contributed by atoms with Gasteiger partial charge in [0.2, 0.25) is 0 Å². The maximum atomic E-state index is 6.05. The molecule has 0 bridgehead atoms. The standard InChI is InChI=1S/C14H22ClN3/c1-3-18-7-6-17(9-11(18)2)10-12-4-5-14(16)13(15)8-12/h4-5,8,11H,3,6-7,9-10,16H2,1-2H3. The van der Waals surface area contributed by atoms with Crippen LogP contribution in [0.2, 0.25) is 5.02 Å². The van der Waals surface area contributed by atoms with Crippen LogP contribution < -0.4 is 5.73 Å². The summed E-state index contributed by atoms with van der Waals surface area (Å²) in [5, 5.41) is 0.660. The molecule has 1 saturated heterocycles. The van der Waals surface area contributed by atoms with Crippen molar-refractivity contribution in [3.63, 3.8) is 0 Å². The number of likely N-dealkylation sites (N-methyl/N-ethyl adjacent to an activating group) is 1. The second kappa shape index (κ2) is 5.91. The van der Waals surface area contributed by atoms with Gasteiger partial charge in [-0.1, -0.05) is 24.6 Å². The lowest BCUT2D eigenvalue weighted by Gasteiger charge is -2.39. The molecule has 1 aromatic rings. The zero-order chi connectivity index (χ0) is 13.1. The van der Waals surface area contributed by atoms with Gasteiger partial charge in [-0.15, -0.1) is 0 Å². The predicted molar refractivity (Wildman–Crippen MR) is 77.9 cm³/mol. The van der Waals surface area contributed by atoms with Crippen molar-refractivity contribution in [3.05, 3.63) is 28.8 Å². The Balaban J connectivity index is 1.96. The lowest BCUT2D eigenvalue weighted by molar-refractivity contribution is 0.0834. The molecule has 2 N–H and O–H groups in total. The van der Waals surface area contributed by atoms with E-state index in [9.17, 15) is 0 Å². The number of hydrogen-bond acceptors (Lipinski definition) is 3. The van der Waals surface area contributed by atoms with Gasteiger partial charge in [-0.05, 0) is 31.2 Å². The highest BCUT2D eigenvalue weighted by molar-refractivity contribution is 6.33. The van der Waals surface area contributed by atoms with Gasteiger partial charge in [0.25, 0.3) is 0 Å². The van der Waals surface area contributed by atoms with Crippen molar-refractivity contribution in [2.45, 2.75) is 26.4 Å². The van der Waals surface area contributed by atoms with E-state index in [1.807, 2.05) is 12.1 Å². The van der Waals surface area contributed by atoms with Crippen LogP contribution in [0.3, 0.4) is 0 Å². The van der Waals surface area contributed by atoms with Crippen LogP contribution >= 0.6 is 11.6 Å². The van der Waals surface area contributed by atoms with E-state index in [1.165, 1.54) is 5.56 Å². The van der Waals surface area contributed by atoms with E-state index in [1.54, 1.807) is 0 Å². The molecule has 0 radical (unpaired) electrons. The fraction of sp³-hybridized carbons (Fsp3) is 0.571. The van der Waals surface area contributed by atoms with E-state index in [4.69, 9.17) is 17.3 Å². The molecular formula is C14H22ClN3. The molecular weight excluding hydrogens is 246 g/mol. The van der Waals surface area contributed by atoms with E-state index in [0.717, 1.165) is 32.7 Å². The maximum Gasteiger partial charge on any atom is 0.0638 e. The zero-order valence-corrected chi connectivity index (χ0v) is 12.0. The molecule has 1 aliphatic rings. The molecule has 0 saturated carbocycles. The van der Waals surface area contributed by atoms with Crippen molar-refractivity contribution in [1.29, 1.82) is 0 Å². The molecule has 0 spiro atoms. The zero-order valence-electron chi connectivity index (χ0n) is 11.2. The van der Waals surface area contributed by atoms with E-state index in [0.29, 0.717) is 16.8 Å². The minimum atomic E-state index is 0.632. The summed E-state index contributed by atoms with van der Waals surface area (Å²) in [6.45, 7) is 10.0. The SMILES string of the molecule is CCN1CCN(Cc2ccc(N)c(Cl)c2)CC1C. The average Bonchev–Trinajstić information content (AvgIpc) is 2.34. The van der Waals surface area contributed by atoms with E-state index >= 15 is 0 Å². The highest BCUT2D eigenvalue weighted by Crippen LogP contribution is 2.21. The van der Waals surface area contributed by atoms with Gasteiger partial charge in [0, 0.05) is 32.2 Å². The highest BCUT2D eigenvalue weighted by atomic mass is 35.5. The molecule has 1 fully saturated rings. The van der Waals surface area contributed by atoms with Crippen molar-refractivity contribution >= 4 is 17.3 Å². The van der Waals surface area contributed by atoms with Crippen molar-refractivity contribution in [2.24, 2.45) is 0 Å². The van der Waals surface area contributed by atoms with Gasteiger partial charge >= 0.3 is 0 Å². The number of halogens is 1. The summed E-state index contributed by atoms with van der Waals surface area (Å²) in [4.78, 5) is 5.01. The van der Waals surface area contributed by atoms with E-state index < -0.39 is 0 Å². The van der Waals surface area contributed by atoms with Crippen LogP contribution in [0.15, 0.2) is 18.2 Å². The number of hydrogen-bond donors (Lipinski definition) is 1. The number of benzene rings is 1. The van der Waals surface area contributed by atoms with Gasteiger partial charge in [-0.2, -0.15) is 0 Å². The third-order valence-corrected chi connectivity index (χ3v) is 4.05. The summed E-state index contributed by atoms with van der Waals surface area (Å²) in [7, 11) is 0. The second-order valence-electron chi connectivity index (χ2n) is 5.07. The third kappa shape index (κ3) is 3.16. The highest BCUT2D eigenvalue weighted by Gasteiger charge is 2.22. The molecule has 0 aromatic heterocycles. The Labute approximate surface area is 115 Å². The van der Waals surface area contributed by atoms with Gasteiger partial charge in [-0.25, -0.2) is 0 Å². The number of rotatable bonds is 3. The molecule has 0 amide bonds. The normalized spacial score (nSPS) is 22.3. The Morgan fingerprint density at radius 3 is 2.78 bits per heavy atom. The predicted octanol–water partition coefficient (Wildman–Crippen LogP) is 2.45. The number of anilines is 1. The minimum Gasteiger partial charge on any atom is -0.398 e. The summed E-state index contributed by atoms with van der Waals surface area (Å²) in [6.07, 6.45) is 0. The minimum absolute atomic E-state index is 0.632. The largest absolute Gasteiger partial charge is 0.398 e. The van der Waals surface area contributed by atoms with E-state index in [-0.39, 0.29) is 0 Å². The number of piperazine rings is 1.